The predicted octanol–water partition coefficient (Wildman–Crippen LogP) is 4.91. The van der Waals surface area contributed by atoms with Crippen molar-refractivity contribution < 1.29 is 23.5 Å². The first-order chi connectivity index (χ1) is 16.6. The Labute approximate surface area is 195 Å². The summed E-state index contributed by atoms with van der Waals surface area (Å²) < 4.78 is 24.9. The van der Waals surface area contributed by atoms with Gasteiger partial charge in [0, 0.05) is 24.3 Å². The zero-order valence-electron chi connectivity index (χ0n) is 18.2. The molecule has 2 aromatic carbocycles. The number of ether oxygens (including phenoxy) is 2. The summed E-state index contributed by atoms with van der Waals surface area (Å²) in [6.07, 6.45) is 5.61. The number of carbonyl (C=O) groups excluding carboxylic acids is 2. The van der Waals surface area contributed by atoms with Gasteiger partial charge in [-0.2, -0.15) is 0 Å². The first-order valence-corrected chi connectivity index (χ1v) is 10.9. The summed E-state index contributed by atoms with van der Waals surface area (Å²) in [5, 5.41) is 3.16. The van der Waals surface area contributed by atoms with Crippen LogP contribution in [0.4, 0.5) is 10.2 Å². The van der Waals surface area contributed by atoms with Gasteiger partial charge in [0.2, 0.25) is 5.75 Å². The summed E-state index contributed by atoms with van der Waals surface area (Å²) >= 11 is 0. The highest BCUT2D eigenvalue weighted by Gasteiger charge is 2.25. The smallest absolute Gasteiger partial charge is 0.204 e. The fourth-order valence-corrected chi connectivity index (χ4v) is 3.93. The van der Waals surface area contributed by atoms with Crippen molar-refractivity contribution >= 4 is 23.0 Å². The Bertz CT molecular complexity index is 1310. The number of fused-ring (bicyclic) bond motifs is 1. The van der Waals surface area contributed by atoms with Crippen molar-refractivity contribution in [2.24, 2.45) is 0 Å². The Hall–Kier alpha value is -4.26. The number of halogens is 1. The Morgan fingerprint density at radius 3 is 2.65 bits per heavy atom. The van der Waals surface area contributed by atoms with Crippen molar-refractivity contribution in [2.45, 2.75) is 12.8 Å². The summed E-state index contributed by atoms with van der Waals surface area (Å²) in [4.78, 5) is 30.1. The fraction of sp³-hybridized carbons (Fsp3) is 0.148. The minimum atomic E-state index is -0.375. The van der Waals surface area contributed by atoms with Gasteiger partial charge < -0.3 is 14.8 Å². The molecular weight excluding hydrogens is 435 g/mol. The molecule has 3 aromatic rings. The molecule has 2 heterocycles. The lowest BCUT2D eigenvalue weighted by Gasteiger charge is -2.20. The maximum atomic E-state index is 13.2. The van der Waals surface area contributed by atoms with Crippen LogP contribution in [0.25, 0.3) is 5.57 Å². The molecule has 1 aromatic heterocycles. The van der Waals surface area contributed by atoms with E-state index in [1.165, 1.54) is 12.1 Å². The third kappa shape index (κ3) is 4.45. The van der Waals surface area contributed by atoms with E-state index in [9.17, 15) is 14.0 Å². The van der Waals surface area contributed by atoms with Gasteiger partial charge in [0.25, 0.3) is 0 Å². The Kier molecular flexibility index (Phi) is 5.91. The van der Waals surface area contributed by atoms with Crippen LogP contribution in [0.15, 0.2) is 78.5 Å². The van der Waals surface area contributed by atoms with E-state index >= 15 is 0 Å². The average Bonchev–Trinajstić information content (AvgIpc) is 2.86. The van der Waals surface area contributed by atoms with Crippen molar-refractivity contribution in [3.05, 3.63) is 95.5 Å². The van der Waals surface area contributed by atoms with Crippen LogP contribution in [0.1, 0.15) is 17.5 Å². The van der Waals surface area contributed by atoms with E-state index in [2.05, 4.69) is 10.3 Å². The lowest BCUT2D eigenvalue weighted by Crippen LogP contribution is -2.19. The monoisotopic (exact) mass is 456 g/mol. The molecule has 34 heavy (non-hydrogen) atoms. The second kappa shape index (κ2) is 9.31. The molecule has 0 fully saturated rings. The highest BCUT2D eigenvalue weighted by Crippen LogP contribution is 2.37. The van der Waals surface area contributed by atoms with Crippen LogP contribution in [0, 0.1) is 5.82 Å². The average molecular weight is 456 g/mol. The van der Waals surface area contributed by atoms with Crippen LogP contribution < -0.4 is 14.8 Å². The summed E-state index contributed by atoms with van der Waals surface area (Å²) in [7, 11) is 0. The highest BCUT2D eigenvalue weighted by atomic mass is 19.1. The Morgan fingerprint density at radius 2 is 1.85 bits per heavy atom. The number of ketones is 2. The molecule has 0 saturated heterocycles. The van der Waals surface area contributed by atoms with E-state index < -0.39 is 0 Å². The predicted molar refractivity (Wildman–Crippen MR) is 126 cm³/mol. The number of aromatic nitrogens is 1. The molecule has 0 amide bonds. The molecule has 0 spiro atoms. The lowest BCUT2D eigenvalue weighted by atomic mass is 9.88. The molecule has 0 radical (unpaired) electrons. The maximum absolute atomic E-state index is 13.2. The quantitative estimate of drug-likeness (QED) is 0.531. The first-order valence-electron chi connectivity index (χ1n) is 10.9. The van der Waals surface area contributed by atoms with E-state index in [1.807, 2.05) is 0 Å². The van der Waals surface area contributed by atoms with Crippen LogP contribution in [0.5, 0.6) is 17.2 Å². The van der Waals surface area contributed by atoms with Crippen molar-refractivity contribution in [2.75, 3.05) is 18.5 Å². The number of hydrogen-bond donors (Lipinski definition) is 1. The van der Waals surface area contributed by atoms with Gasteiger partial charge in [-0.3, -0.25) is 9.59 Å². The number of carbonyl (C=O) groups is 2. The van der Waals surface area contributed by atoms with E-state index in [0.29, 0.717) is 53.8 Å². The van der Waals surface area contributed by atoms with Crippen LogP contribution in [0.3, 0.4) is 0 Å². The fourth-order valence-electron chi connectivity index (χ4n) is 3.93. The van der Waals surface area contributed by atoms with Gasteiger partial charge in [0.15, 0.2) is 23.1 Å². The molecule has 0 bridgehead atoms. The van der Waals surface area contributed by atoms with Gasteiger partial charge in [-0.1, -0.05) is 36.4 Å². The summed E-state index contributed by atoms with van der Waals surface area (Å²) in [5.74, 6) is 1.39. The lowest BCUT2D eigenvalue weighted by molar-refractivity contribution is -0.118. The third-order valence-corrected chi connectivity index (χ3v) is 5.61. The minimum absolute atomic E-state index is 0.0895. The number of allylic oxidation sites excluding steroid dienone is 4. The Morgan fingerprint density at radius 1 is 1.06 bits per heavy atom. The van der Waals surface area contributed by atoms with E-state index in [0.717, 1.165) is 5.56 Å². The van der Waals surface area contributed by atoms with Gasteiger partial charge >= 0.3 is 0 Å². The number of hydrogen-bond acceptors (Lipinski definition) is 6. The number of nitrogens with zero attached hydrogens (tertiary/aromatic N) is 1. The molecule has 0 atom stereocenters. The summed E-state index contributed by atoms with van der Waals surface area (Å²) in [5.41, 5.74) is 1.95. The number of rotatable bonds is 6. The highest BCUT2D eigenvalue weighted by molar-refractivity contribution is 6.39. The summed E-state index contributed by atoms with van der Waals surface area (Å²) in [6.45, 7) is 1.22. The normalized spacial score (nSPS) is 14.8. The van der Waals surface area contributed by atoms with Gasteiger partial charge in [-0.15, -0.1) is 0 Å². The molecule has 1 aliphatic carbocycles. The molecule has 5 rings (SSSR count). The molecule has 2 aliphatic rings. The van der Waals surface area contributed by atoms with Crippen molar-refractivity contribution in [3.63, 3.8) is 0 Å². The number of benzene rings is 2. The van der Waals surface area contributed by atoms with E-state index in [-0.39, 0.29) is 29.4 Å². The molecular formula is C27H21FN2O4. The molecule has 1 N–H and O–H groups in total. The van der Waals surface area contributed by atoms with Gasteiger partial charge in [0.05, 0.1) is 12.1 Å². The minimum Gasteiger partial charge on any atom is -0.485 e. The van der Waals surface area contributed by atoms with Crippen LogP contribution in [-0.2, 0) is 16.0 Å². The number of pyridine rings is 1. The van der Waals surface area contributed by atoms with Gasteiger partial charge in [0.1, 0.15) is 18.2 Å². The molecule has 0 saturated carbocycles. The first kappa shape index (κ1) is 21.6. The molecule has 6 nitrogen and oxygen atoms in total. The summed E-state index contributed by atoms with van der Waals surface area (Å²) in [6, 6.07) is 14.6. The molecule has 1 aliphatic heterocycles. The molecule has 7 heteroatoms. The number of anilines is 1. The number of nitrogens with one attached hydrogen (secondary N) is 1. The standard InChI is InChI=1S/C27H21FN2O4/c28-19-8-6-18(7-9-19)21-2-1-3-22(25(21)32)23(31)16-17-4-10-20(11-5-17)34-24-12-13-29-27-26(24)33-15-14-30-27/h2-13H,1,14-16H2,(H,29,30). The number of Topliss-reactive ketones (excluding diaryl/α,β-unsaturated/α-hetero) is 2. The van der Waals surface area contributed by atoms with Gasteiger partial charge in [-0.05, 0) is 41.8 Å². The molecule has 0 unspecified atom stereocenters. The van der Waals surface area contributed by atoms with Crippen LogP contribution >= 0.6 is 0 Å². The van der Waals surface area contributed by atoms with Crippen LogP contribution in [-0.4, -0.2) is 29.7 Å². The zero-order valence-corrected chi connectivity index (χ0v) is 18.2. The second-order valence-electron chi connectivity index (χ2n) is 7.92. The van der Waals surface area contributed by atoms with Crippen molar-refractivity contribution in [1.29, 1.82) is 0 Å². The molecule has 170 valence electrons. The van der Waals surface area contributed by atoms with E-state index in [4.69, 9.17) is 9.47 Å². The Balaban J connectivity index is 1.25. The maximum Gasteiger partial charge on any atom is 0.204 e. The zero-order chi connectivity index (χ0) is 23.5. The van der Waals surface area contributed by atoms with Gasteiger partial charge in [-0.25, -0.2) is 9.37 Å². The topological polar surface area (TPSA) is 77.5 Å². The largest absolute Gasteiger partial charge is 0.485 e. The van der Waals surface area contributed by atoms with Crippen molar-refractivity contribution in [1.82, 2.24) is 4.98 Å². The van der Waals surface area contributed by atoms with Crippen LogP contribution in [0.2, 0.25) is 0 Å². The van der Waals surface area contributed by atoms with E-state index in [1.54, 1.807) is 60.8 Å². The third-order valence-electron chi connectivity index (χ3n) is 5.61. The second-order valence-corrected chi connectivity index (χ2v) is 7.92. The SMILES string of the molecule is O=C(Cc1ccc(Oc2ccnc3c2OCCN3)cc1)C1=CCC=C(c2ccc(F)cc2)C1=O. The van der Waals surface area contributed by atoms with Crippen molar-refractivity contribution in [3.8, 4) is 17.2 Å².